The van der Waals surface area contributed by atoms with Gasteiger partial charge in [0.2, 0.25) is 5.91 Å². The predicted molar refractivity (Wildman–Crippen MR) is 102 cm³/mol. The van der Waals surface area contributed by atoms with E-state index < -0.39 is 0 Å². The maximum absolute atomic E-state index is 12.6. The lowest BCUT2D eigenvalue weighted by Gasteiger charge is -2.26. The van der Waals surface area contributed by atoms with Gasteiger partial charge in [0.1, 0.15) is 0 Å². The first-order valence-electron chi connectivity index (χ1n) is 8.23. The van der Waals surface area contributed by atoms with E-state index in [0.29, 0.717) is 0 Å². The molecule has 0 fully saturated rings. The van der Waals surface area contributed by atoms with Gasteiger partial charge in [-0.05, 0) is 47.8 Å². The van der Waals surface area contributed by atoms with Crippen molar-refractivity contribution in [3.05, 3.63) is 64.9 Å². The van der Waals surface area contributed by atoms with Gasteiger partial charge >= 0.3 is 0 Å². The number of hydrogen-bond donors (Lipinski definition) is 1. The van der Waals surface area contributed by atoms with E-state index in [1.165, 1.54) is 10.3 Å². The van der Waals surface area contributed by atoms with Gasteiger partial charge in [0, 0.05) is 17.1 Å². The van der Waals surface area contributed by atoms with Crippen LogP contribution < -0.4 is 5.32 Å². The standard InChI is InChI=1S/C20H22N2OS/c1-3-22(14-19-9-6-12-24-19)15(2)20(23)21-18-11-10-16-7-4-5-8-17(16)13-18/h4-13,15H,3,14H2,1-2H3,(H,21,23)/t15-/m1/s1. The molecular weight excluding hydrogens is 316 g/mol. The van der Waals surface area contributed by atoms with Crippen LogP contribution in [0.1, 0.15) is 18.7 Å². The topological polar surface area (TPSA) is 32.3 Å². The lowest BCUT2D eigenvalue weighted by Crippen LogP contribution is -2.41. The van der Waals surface area contributed by atoms with Crippen LogP contribution in [0.25, 0.3) is 10.8 Å². The number of thiophene rings is 1. The van der Waals surface area contributed by atoms with Crippen LogP contribution in [0.15, 0.2) is 60.0 Å². The summed E-state index contributed by atoms with van der Waals surface area (Å²) in [5, 5.41) is 7.43. The van der Waals surface area contributed by atoms with E-state index in [1.807, 2.05) is 43.3 Å². The third kappa shape index (κ3) is 3.83. The number of hydrogen-bond acceptors (Lipinski definition) is 3. The van der Waals surface area contributed by atoms with E-state index in [2.05, 4.69) is 40.7 Å². The van der Waals surface area contributed by atoms with Gasteiger partial charge in [-0.25, -0.2) is 0 Å². The van der Waals surface area contributed by atoms with Crippen molar-refractivity contribution in [2.45, 2.75) is 26.4 Å². The van der Waals surface area contributed by atoms with Gasteiger partial charge in [-0.15, -0.1) is 11.3 Å². The second kappa shape index (κ2) is 7.60. The largest absolute Gasteiger partial charge is 0.325 e. The van der Waals surface area contributed by atoms with Crippen molar-refractivity contribution in [1.82, 2.24) is 4.90 Å². The minimum Gasteiger partial charge on any atom is -0.325 e. The summed E-state index contributed by atoms with van der Waals surface area (Å²) in [7, 11) is 0. The molecule has 1 heterocycles. The highest BCUT2D eigenvalue weighted by molar-refractivity contribution is 7.09. The average molecular weight is 338 g/mol. The minimum atomic E-state index is -0.177. The van der Waals surface area contributed by atoms with E-state index in [-0.39, 0.29) is 11.9 Å². The molecule has 3 aromatic rings. The molecule has 0 aliphatic carbocycles. The molecule has 4 heteroatoms. The molecule has 1 N–H and O–H groups in total. The molecule has 3 rings (SSSR count). The van der Waals surface area contributed by atoms with Gasteiger partial charge in [-0.1, -0.05) is 43.3 Å². The molecule has 2 aromatic carbocycles. The first kappa shape index (κ1) is 16.7. The van der Waals surface area contributed by atoms with Crippen LogP contribution in [0, 0.1) is 0 Å². The van der Waals surface area contributed by atoms with Gasteiger partial charge in [0.15, 0.2) is 0 Å². The Labute approximate surface area is 146 Å². The minimum absolute atomic E-state index is 0.0312. The smallest absolute Gasteiger partial charge is 0.241 e. The fourth-order valence-electron chi connectivity index (χ4n) is 2.80. The second-order valence-electron chi connectivity index (χ2n) is 5.87. The number of nitrogens with one attached hydrogen (secondary N) is 1. The molecule has 0 unspecified atom stereocenters. The van der Waals surface area contributed by atoms with E-state index in [0.717, 1.165) is 24.2 Å². The summed E-state index contributed by atoms with van der Waals surface area (Å²) in [6.07, 6.45) is 0. The van der Waals surface area contributed by atoms with Crippen molar-refractivity contribution in [3.8, 4) is 0 Å². The summed E-state index contributed by atoms with van der Waals surface area (Å²) in [5.74, 6) is 0.0312. The Balaban J connectivity index is 1.69. The highest BCUT2D eigenvalue weighted by Crippen LogP contribution is 2.20. The Morgan fingerprint density at radius 2 is 1.92 bits per heavy atom. The lowest BCUT2D eigenvalue weighted by molar-refractivity contribution is -0.120. The van der Waals surface area contributed by atoms with Crippen molar-refractivity contribution < 1.29 is 4.79 Å². The number of fused-ring (bicyclic) bond motifs is 1. The van der Waals surface area contributed by atoms with E-state index >= 15 is 0 Å². The summed E-state index contributed by atoms with van der Waals surface area (Å²) in [6.45, 7) is 5.70. The van der Waals surface area contributed by atoms with Crippen LogP contribution in [0.5, 0.6) is 0 Å². The molecule has 0 saturated heterocycles. The number of rotatable bonds is 6. The van der Waals surface area contributed by atoms with Crippen LogP contribution >= 0.6 is 11.3 Å². The molecule has 3 nitrogen and oxygen atoms in total. The zero-order valence-corrected chi connectivity index (χ0v) is 14.8. The number of carbonyl (C=O) groups is 1. The molecule has 1 aromatic heterocycles. The number of likely N-dealkylation sites (N-methyl/N-ethyl adjacent to an activating group) is 1. The van der Waals surface area contributed by atoms with Gasteiger partial charge in [0.25, 0.3) is 0 Å². The van der Waals surface area contributed by atoms with Gasteiger partial charge in [0.05, 0.1) is 6.04 Å². The number of amides is 1. The Kier molecular flexibility index (Phi) is 5.28. The normalized spacial score (nSPS) is 12.5. The summed E-state index contributed by atoms with van der Waals surface area (Å²) in [4.78, 5) is 16.1. The molecule has 0 saturated carbocycles. The first-order chi connectivity index (χ1) is 11.7. The molecule has 24 heavy (non-hydrogen) atoms. The summed E-state index contributed by atoms with van der Waals surface area (Å²) in [5.41, 5.74) is 0.845. The third-order valence-corrected chi connectivity index (χ3v) is 5.15. The second-order valence-corrected chi connectivity index (χ2v) is 6.90. The molecule has 0 aliphatic rings. The summed E-state index contributed by atoms with van der Waals surface area (Å²) in [6, 6.07) is 18.2. The molecule has 124 valence electrons. The first-order valence-corrected chi connectivity index (χ1v) is 9.11. The van der Waals surface area contributed by atoms with Crippen LogP contribution in [0.4, 0.5) is 5.69 Å². The number of nitrogens with zero attached hydrogens (tertiary/aromatic N) is 1. The van der Waals surface area contributed by atoms with Gasteiger partial charge < -0.3 is 5.32 Å². The molecule has 1 atom stereocenters. The molecule has 0 spiro atoms. The zero-order valence-electron chi connectivity index (χ0n) is 14.0. The number of anilines is 1. The summed E-state index contributed by atoms with van der Waals surface area (Å²) >= 11 is 1.73. The van der Waals surface area contributed by atoms with E-state index in [4.69, 9.17) is 0 Å². The number of carbonyl (C=O) groups excluding carboxylic acids is 1. The molecule has 0 aliphatic heterocycles. The SMILES string of the molecule is CCN(Cc1cccs1)[C@H](C)C(=O)Nc1ccc2ccccc2c1. The van der Waals surface area contributed by atoms with Crippen molar-refractivity contribution in [3.63, 3.8) is 0 Å². The molecule has 0 bridgehead atoms. The van der Waals surface area contributed by atoms with Crippen LogP contribution in [0.2, 0.25) is 0 Å². The van der Waals surface area contributed by atoms with E-state index in [1.54, 1.807) is 11.3 Å². The highest BCUT2D eigenvalue weighted by atomic mass is 32.1. The van der Waals surface area contributed by atoms with Crippen LogP contribution in [0.3, 0.4) is 0 Å². The molecule has 0 radical (unpaired) electrons. The monoisotopic (exact) mass is 338 g/mol. The zero-order chi connectivity index (χ0) is 16.9. The Bertz CT molecular complexity index is 813. The summed E-state index contributed by atoms with van der Waals surface area (Å²) < 4.78 is 0. The Hall–Kier alpha value is -2.17. The quantitative estimate of drug-likeness (QED) is 0.703. The maximum atomic E-state index is 12.6. The number of benzene rings is 2. The van der Waals surface area contributed by atoms with Crippen molar-refractivity contribution in [1.29, 1.82) is 0 Å². The maximum Gasteiger partial charge on any atom is 0.241 e. The molecular formula is C20H22N2OS. The molecule has 1 amide bonds. The Morgan fingerprint density at radius 1 is 1.12 bits per heavy atom. The van der Waals surface area contributed by atoms with E-state index in [9.17, 15) is 4.79 Å². The van der Waals surface area contributed by atoms with Crippen molar-refractivity contribution >= 4 is 33.7 Å². The fourth-order valence-corrected chi connectivity index (χ4v) is 3.53. The van der Waals surface area contributed by atoms with Crippen LogP contribution in [-0.4, -0.2) is 23.4 Å². The predicted octanol–water partition coefficient (Wildman–Crippen LogP) is 4.75. The highest BCUT2D eigenvalue weighted by Gasteiger charge is 2.20. The lowest BCUT2D eigenvalue weighted by atomic mass is 10.1. The van der Waals surface area contributed by atoms with Gasteiger partial charge in [-0.3, -0.25) is 9.69 Å². The van der Waals surface area contributed by atoms with Crippen LogP contribution in [-0.2, 0) is 11.3 Å². The van der Waals surface area contributed by atoms with Crippen molar-refractivity contribution in [2.24, 2.45) is 0 Å². The van der Waals surface area contributed by atoms with Gasteiger partial charge in [-0.2, -0.15) is 0 Å². The van der Waals surface area contributed by atoms with Crippen molar-refractivity contribution in [2.75, 3.05) is 11.9 Å². The average Bonchev–Trinajstić information content (AvgIpc) is 3.12. The fraction of sp³-hybridized carbons (Fsp3) is 0.250. The Morgan fingerprint density at radius 3 is 2.62 bits per heavy atom. The third-order valence-electron chi connectivity index (χ3n) is 4.29.